The van der Waals surface area contributed by atoms with Crippen LogP contribution in [0.5, 0.6) is 0 Å². The number of allylic oxidation sites excluding steroid dienone is 1. The van der Waals surface area contributed by atoms with E-state index in [1.807, 2.05) is 0 Å². The Balaban J connectivity index is 2.20. The number of hydrogen-bond acceptors (Lipinski definition) is 2. The number of likely N-dealkylation sites (N-methyl/N-ethyl adjacent to an activating group) is 1. The summed E-state index contributed by atoms with van der Waals surface area (Å²) in [5.41, 5.74) is 1.67. The first-order valence-corrected chi connectivity index (χ1v) is 9.26. The Morgan fingerprint density at radius 1 is 1.07 bits per heavy atom. The first kappa shape index (κ1) is 20.9. The van der Waals surface area contributed by atoms with Gasteiger partial charge in [-0.2, -0.15) is 0 Å². The molecule has 1 atom stereocenters. The highest BCUT2D eigenvalue weighted by molar-refractivity contribution is 7.80. The van der Waals surface area contributed by atoms with Crippen molar-refractivity contribution in [3.63, 3.8) is 0 Å². The van der Waals surface area contributed by atoms with Crippen molar-refractivity contribution < 1.29 is 18.0 Å². The van der Waals surface area contributed by atoms with Crippen molar-refractivity contribution in [2.24, 2.45) is 0 Å². The fourth-order valence-electron chi connectivity index (χ4n) is 3.26. The lowest BCUT2D eigenvalue weighted by molar-refractivity contribution is -0.125. The summed E-state index contributed by atoms with van der Waals surface area (Å²) in [6.07, 6.45) is 0. The van der Waals surface area contributed by atoms with Gasteiger partial charge in [-0.25, -0.2) is 13.2 Å². The van der Waals surface area contributed by atoms with Gasteiger partial charge in [-0.3, -0.25) is 9.69 Å². The molecule has 0 saturated carbocycles. The van der Waals surface area contributed by atoms with Crippen LogP contribution in [0.1, 0.15) is 24.1 Å². The third-order valence-electron chi connectivity index (χ3n) is 4.81. The zero-order chi connectivity index (χ0) is 21.5. The molecule has 1 amide bonds. The maximum absolute atomic E-state index is 14.5. The van der Waals surface area contributed by atoms with Gasteiger partial charge in [0.25, 0.3) is 5.91 Å². The second-order valence-electron chi connectivity index (χ2n) is 7.02. The van der Waals surface area contributed by atoms with E-state index in [0.717, 1.165) is 12.1 Å². The zero-order valence-corrected chi connectivity index (χ0v) is 17.2. The second-order valence-corrected chi connectivity index (χ2v) is 7.40. The fraction of sp³-hybridized carbons (Fsp3) is 0.238. The highest BCUT2D eigenvalue weighted by Crippen LogP contribution is 2.35. The summed E-state index contributed by atoms with van der Waals surface area (Å²) in [4.78, 5) is 15.9. The quantitative estimate of drug-likeness (QED) is 0.756. The van der Waals surface area contributed by atoms with E-state index in [0.29, 0.717) is 16.9 Å². The maximum atomic E-state index is 14.5. The summed E-state index contributed by atoms with van der Waals surface area (Å²) >= 11 is 5.45. The first-order chi connectivity index (χ1) is 13.6. The third-order valence-corrected chi connectivity index (χ3v) is 5.11. The van der Waals surface area contributed by atoms with Crippen molar-refractivity contribution in [1.29, 1.82) is 0 Å². The molecule has 152 valence electrons. The lowest BCUT2D eigenvalue weighted by Crippen LogP contribution is -2.49. The number of hydrogen-bond donors (Lipinski definition) is 1. The predicted molar refractivity (Wildman–Crippen MR) is 110 cm³/mol. The van der Waals surface area contributed by atoms with Crippen LogP contribution in [0.15, 0.2) is 47.7 Å². The van der Waals surface area contributed by atoms with E-state index >= 15 is 0 Å². The van der Waals surface area contributed by atoms with Crippen LogP contribution in [-0.4, -0.2) is 30.0 Å². The SMILES string of the molecule is CC1=C(C(=O)N(C)C)[C@H](c2ccc(F)cc2F)NC(=S)N1c1ccc(C)c(F)c1. The van der Waals surface area contributed by atoms with Crippen LogP contribution in [0, 0.1) is 24.4 Å². The molecule has 1 aliphatic heterocycles. The number of carbonyl (C=O) groups is 1. The molecule has 0 radical (unpaired) electrons. The van der Waals surface area contributed by atoms with Crippen LogP contribution in [-0.2, 0) is 4.79 Å². The molecular weight excluding hydrogens is 399 g/mol. The minimum Gasteiger partial charge on any atom is -0.351 e. The Morgan fingerprint density at radius 3 is 2.34 bits per heavy atom. The average molecular weight is 419 g/mol. The van der Waals surface area contributed by atoms with Crippen molar-refractivity contribution in [3.05, 3.63) is 76.2 Å². The number of amides is 1. The van der Waals surface area contributed by atoms with Gasteiger partial charge in [0.1, 0.15) is 17.5 Å². The number of nitrogens with zero attached hydrogens (tertiary/aromatic N) is 2. The number of anilines is 1. The Hall–Kier alpha value is -2.87. The van der Waals surface area contributed by atoms with Crippen molar-refractivity contribution in [2.75, 3.05) is 19.0 Å². The highest BCUT2D eigenvalue weighted by atomic mass is 32.1. The van der Waals surface area contributed by atoms with E-state index in [4.69, 9.17) is 12.2 Å². The molecule has 0 spiro atoms. The van der Waals surface area contributed by atoms with Crippen LogP contribution in [0.2, 0.25) is 0 Å². The third kappa shape index (κ3) is 3.85. The molecule has 4 nitrogen and oxygen atoms in total. The molecule has 0 fully saturated rings. The Morgan fingerprint density at radius 2 is 1.76 bits per heavy atom. The van der Waals surface area contributed by atoms with Crippen molar-refractivity contribution >= 4 is 28.9 Å². The van der Waals surface area contributed by atoms with Gasteiger partial charge in [-0.15, -0.1) is 0 Å². The van der Waals surface area contributed by atoms with Gasteiger partial charge in [-0.1, -0.05) is 12.1 Å². The molecule has 0 aromatic heterocycles. The summed E-state index contributed by atoms with van der Waals surface area (Å²) in [6, 6.07) is 6.87. The molecule has 0 saturated heterocycles. The Labute approximate surface area is 172 Å². The van der Waals surface area contributed by atoms with Gasteiger partial charge in [0.05, 0.1) is 17.3 Å². The van der Waals surface area contributed by atoms with Crippen molar-refractivity contribution in [3.8, 4) is 0 Å². The molecule has 2 aromatic carbocycles. The predicted octanol–water partition coefficient (Wildman–Crippen LogP) is 4.21. The monoisotopic (exact) mass is 419 g/mol. The molecular formula is C21H20F3N3OS. The standard InChI is InChI=1S/C21H20F3N3OS/c1-11-5-7-14(10-16(11)23)27-12(2)18(20(28)26(3)4)19(25-21(27)29)15-8-6-13(22)9-17(15)24/h5-10,19H,1-4H3,(H,25,29)/t19-/m0/s1. The van der Waals surface area contributed by atoms with Gasteiger partial charge >= 0.3 is 0 Å². The summed E-state index contributed by atoms with van der Waals surface area (Å²) in [7, 11) is 3.15. The number of benzene rings is 2. The van der Waals surface area contributed by atoms with E-state index in [9.17, 15) is 18.0 Å². The zero-order valence-electron chi connectivity index (χ0n) is 16.4. The maximum Gasteiger partial charge on any atom is 0.253 e. The van der Waals surface area contributed by atoms with E-state index in [-0.39, 0.29) is 22.2 Å². The summed E-state index contributed by atoms with van der Waals surface area (Å²) in [6.45, 7) is 3.30. The second kappa shape index (κ2) is 7.87. The molecule has 1 N–H and O–H groups in total. The number of carbonyl (C=O) groups excluding carboxylic acids is 1. The van der Waals surface area contributed by atoms with Crippen molar-refractivity contribution in [1.82, 2.24) is 10.2 Å². The number of thiocarbonyl (C=S) groups is 1. The first-order valence-electron chi connectivity index (χ1n) is 8.86. The largest absolute Gasteiger partial charge is 0.351 e. The van der Waals surface area contributed by atoms with E-state index in [1.165, 1.54) is 21.9 Å². The average Bonchev–Trinajstić information content (AvgIpc) is 2.63. The highest BCUT2D eigenvalue weighted by Gasteiger charge is 2.36. The lowest BCUT2D eigenvalue weighted by atomic mass is 9.93. The molecule has 0 unspecified atom stereocenters. The lowest BCUT2D eigenvalue weighted by Gasteiger charge is -2.38. The van der Waals surface area contributed by atoms with Crippen LogP contribution in [0.25, 0.3) is 0 Å². The van der Waals surface area contributed by atoms with Gasteiger partial charge in [-0.05, 0) is 49.8 Å². The molecule has 0 bridgehead atoms. The van der Waals surface area contributed by atoms with E-state index in [2.05, 4.69) is 5.32 Å². The van der Waals surface area contributed by atoms with Crippen LogP contribution >= 0.6 is 12.2 Å². The molecule has 29 heavy (non-hydrogen) atoms. The molecule has 3 rings (SSSR count). The topological polar surface area (TPSA) is 35.6 Å². The normalized spacial score (nSPS) is 16.7. The van der Waals surface area contributed by atoms with Crippen LogP contribution in [0.3, 0.4) is 0 Å². The van der Waals surface area contributed by atoms with Crippen LogP contribution < -0.4 is 10.2 Å². The van der Waals surface area contributed by atoms with Crippen LogP contribution in [0.4, 0.5) is 18.9 Å². The van der Waals surface area contributed by atoms with Gasteiger partial charge in [0.15, 0.2) is 5.11 Å². The minimum absolute atomic E-state index is 0.0908. The smallest absolute Gasteiger partial charge is 0.253 e. The number of rotatable bonds is 3. The molecule has 0 aliphatic carbocycles. The van der Waals surface area contributed by atoms with E-state index < -0.39 is 23.5 Å². The molecule has 2 aromatic rings. The summed E-state index contributed by atoms with van der Waals surface area (Å²) < 4.78 is 42.0. The van der Waals surface area contributed by atoms with Gasteiger partial charge in [0.2, 0.25) is 0 Å². The van der Waals surface area contributed by atoms with E-state index in [1.54, 1.807) is 40.1 Å². The molecule has 8 heteroatoms. The summed E-state index contributed by atoms with van der Waals surface area (Å²) in [5.74, 6) is -2.30. The molecule has 1 heterocycles. The Kier molecular flexibility index (Phi) is 5.66. The Bertz CT molecular complexity index is 1040. The van der Waals surface area contributed by atoms with Gasteiger partial charge < -0.3 is 10.2 Å². The number of halogens is 3. The number of aryl methyl sites for hydroxylation is 1. The number of nitrogens with one attached hydrogen (secondary N) is 1. The summed E-state index contributed by atoms with van der Waals surface area (Å²) in [5, 5.41) is 3.13. The fourth-order valence-corrected chi connectivity index (χ4v) is 3.62. The van der Waals surface area contributed by atoms with Crippen molar-refractivity contribution in [2.45, 2.75) is 19.9 Å². The molecule has 1 aliphatic rings. The minimum atomic E-state index is -0.912. The van der Waals surface area contributed by atoms with Gasteiger partial charge in [0, 0.05) is 31.4 Å².